The number of hydrogen-bond acceptors (Lipinski definition) is 5. The number of ether oxygens (including phenoxy) is 1. The summed E-state index contributed by atoms with van der Waals surface area (Å²) in [6.45, 7) is 0.657. The van der Waals surface area contributed by atoms with Gasteiger partial charge in [0.1, 0.15) is 6.10 Å². The van der Waals surface area contributed by atoms with Gasteiger partial charge in [-0.05, 0) is 35.2 Å². The van der Waals surface area contributed by atoms with Crippen LogP contribution in [-0.4, -0.2) is 36.3 Å². The molecule has 0 radical (unpaired) electrons. The van der Waals surface area contributed by atoms with Crippen molar-refractivity contribution in [3.8, 4) is 0 Å². The normalized spacial score (nSPS) is 25.0. The molecular weight excluding hydrogens is 252 g/mol. The van der Waals surface area contributed by atoms with Crippen LogP contribution in [0, 0.1) is 0 Å². The Morgan fingerprint density at radius 3 is 3.11 bits per heavy atom. The van der Waals surface area contributed by atoms with Gasteiger partial charge in [-0.1, -0.05) is 0 Å². The number of rotatable bonds is 5. The maximum Gasteiger partial charge on any atom is 0.249 e. The summed E-state index contributed by atoms with van der Waals surface area (Å²) in [6, 6.07) is 1.85. The van der Waals surface area contributed by atoms with E-state index in [1.54, 1.807) is 0 Å². The summed E-state index contributed by atoms with van der Waals surface area (Å²) >= 11 is 1.52. The molecule has 0 aliphatic carbocycles. The van der Waals surface area contributed by atoms with Crippen molar-refractivity contribution in [3.63, 3.8) is 0 Å². The van der Waals surface area contributed by atoms with E-state index in [1.807, 2.05) is 16.8 Å². The van der Waals surface area contributed by atoms with Crippen molar-refractivity contribution in [2.24, 2.45) is 5.73 Å². The molecule has 0 bridgehead atoms. The van der Waals surface area contributed by atoms with Crippen molar-refractivity contribution >= 4 is 17.2 Å². The van der Waals surface area contributed by atoms with Gasteiger partial charge in [0.15, 0.2) is 0 Å². The number of nitrogens with one attached hydrogen (secondary N) is 1. The number of carbonyl (C=O) groups is 1. The van der Waals surface area contributed by atoms with Gasteiger partial charge in [0, 0.05) is 13.1 Å². The number of hydrogen-bond donors (Lipinski definition) is 3. The number of amides is 1. The summed E-state index contributed by atoms with van der Waals surface area (Å²) in [4.78, 5) is 11.8. The first-order valence-electron chi connectivity index (χ1n) is 6.04. The second kappa shape index (κ2) is 6.29. The molecule has 18 heavy (non-hydrogen) atoms. The summed E-state index contributed by atoms with van der Waals surface area (Å²) in [6.07, 6.45) is 0.423. The van der Waals surface area contributed by atoms with Crippen LogP contribution in [0.3, 0.4) is 0 Å². The first-order chi connectivity index (χ1) is 8.70. The van der Waals surface area contributed by atoms with E-state index in [0.29, 0.717) is 13.0 Å². The molecule has 5 nitrogen and oxygen atoms in total. The number of aliphatic hydroxyl groups is 1. The molecule has 1 amide bonds. The van der Waals surface area contributed by atoms with Gasteiger partial charge in [0.25, 0.3) is 0 Å². The van der Waals surface area contributed by atoms with Crippen LogP contribution < -0.4 is 11.1 Å². The third-order valence-corrected chi connectivity index (χ3v) is 3.76. The van der Waals surface area contributed by atoms with Gasteiger partial charge in [0.2, 0.25) is 5.91 Å². The molecule has 2 heterocycles. The molecule has 3 unspecified atom stereocenters. The summed E-state index contributed by atoms with van der Waals surface area (Å²) < 4.78 is 5.48. The van der Waals surface area contributed by atoms with Crippen LogP contribution in [0.4, 0.5) is 0 Å². The summed E-state index contributed by atoms with van der Waals surface area (Å²) in [5, 5.41) is 16.3. The SMILES string of the molecule is NCC1CCC(C(=O)NCC(O)c2ccsc2)O1. The molecule has 1 aliphatic rings. The fraction of sp³-hybridized carbons (Fsp3) is 0.583. The molecule has 4 N–H and O–H groups in total. The topological polar surface area (TPSA) is 84.6 Å². The average molecular weight is 270 g/mol. The molecule has 1 aliphatic heterocycles. The Labute approximate surface area is 110 Å². The van der Waals surface area contributed by atoms with Gasteiger partial charge < -0.3 is 20.9 Å². The lowest BCUT2D eigenvalue weighted by molar-refractivity contribution is -0.132. The largest absolute Gasteiger partial charge is 0.387 e. The summed E-state index contributed by atoms with van der Waals surface area (Å²) in [5.41, 5.74) is 6.31. The van der Waals surface area contributed by atoms with E-state index in [9.17, 15) is 9.90 Å². The zero-order chi connectivity index (χ0) is 13.0. The third-order valence-electron chi connectivity index (χ3n) is 3.06. The Balaban J connectivity index is 1.75. The minimum atomic E-state index is -0.660. The third kappa shape index (κ3) is 3.29. The van der Waals surface area contributed by atoms with E-state index < -0.39 is 12.2 Å². The quantitative estimate of drug-likeness (QED) is 0.723. The van der Waals surface area contributed by atoms with Crippen molar-refractivity contribution in [3.05, 3.63) is 22.4 Å². The zero-order valence-corrected chi connectivity index (χ0v) is 10.9. The predicted molar refractivity (Wildman–Crippen MR) is 69.2 cm³/mol. The number of nitrogens with two attached hydrogens (primary N) is 1. The van der Waals surface area contributed by atoms with Crippen LogP contribution in [0.5, 0.6) is 0 Å². The molecule has 0 aromatic carbocycles. The highest BCUT2D eigenvalue weighted by molar-refractivity contribution is 7.07. The molecule has 2 rings (SSSR count). The van der Waals surface area contributed by atoms with Gasteiger partial charge >= 0.3 is 0 Å². The van der Waals surface area contributed by atoms with Crippen LogP contribution in [0.15, 0.2) is 16.8 Å². The lowest BCUT2D eigenvalue weighted by atomic mass is 10.1. The van der Waals surface area contributed by atoms with Crippen molar-refractivity contribution < 1.29 is 14.6 Å². The maximum atomic E-state index is 11.8. The Hall–Kier alpha value is -0.950. The van der Waals surface area contributed by atoms with Gasteiger partial charge in [-0.25, -0.2) is 0 Å². The molecule has 6 heteroatoms. The standard InChI is InChI=1S/C12H18N2O3S/c13-5-9-1-2-11(17-9)12(16)14-6-10(15)8-3-4-18-7-8/h3-4,7,9-11,15H,1-2,5-6,13H2,(H,14,16). The summed E-state index contributed by atoms with van der Waals surface area (Å²) in [7, 11) is 0. The average Bonchev–Trinajstić information content (AvgIpc) is 3.05. The van der Waals surface area contributed by atoms with Gasteiger partial charge in [-0.3, -0.25) is 4.79 Å². The molecule has 1 saturated heterocycles. The van der Waals surface area contributed by atoms with Gasteiger partial charge in [-0.15, -0.1) is 0 Å². The maximum absolute atomic E-state index is 11.8. The first kappa shape index (κ1) is 13.5. The molecule has 0 spiro atoms. The van der Waals surface area contributed by atoms with E-state index in [-0.39, 0.29) is 18.6 Å². The Morgan fingerprint density at radius 1 is 1.67 bits per heavy atom. The molecule has 1 fully saturated rings. The minimum absolute atomic E-state index is 0.0115. The lowest BCUT2D eigenvalue weighted by Gasteiger charge is -2.14. The Morgan fingerprint density at radius 2 is 2.50 bits per heavy atom. The smallest absolute Gasteiger partial charge is 0.249 e. The summed E-state index contributed by atoms with van der Waals surface area (Å²) in [5.74, 6) is -0.166. The highest BCUT2D eigenvalue weighted by atomic mass is 32.1. The van der Waals surface area contributed by atoms with Crippen LogP contribution in [0.1, 0.15) is 24.5 Å². The van der Waals surface area contributed by atoms with Crippen molar-refractivity contribution in [2.45, 2.75) is 31.2 Å². The van der Waals surface area contributed by atoms with E-state index in [1.165, 1.54) is 11.3 Å². The van der Waals surface area contributed by atoms with Crippen molar-refractivity contribution in [1.82, 2.24) is 5.32 Å². The van der Waals surface area contributed by atoms with Crippen molar-refractivity contribution in [1.29, 1.82) is 0 Å². The molecule has 1 aromatic heterocycles. The van der Waals surface area contributed by atoms with E-state index in [4.69, 9.17) is 10.5 Å². The first-order valence-corrected chi connectivity index (χ1v) is 6.98. The predicted octanol–water partition coefficient (Wildman–Crippen LogP) is 0.404. The van der Waals surface area contributed by atoms with Crippen LogP contribution in [-0.2, 0) is 9.53 Å². The highest BCUT2D eigenvalue weighted by Crippen LogP contribution is 2.19. The van der Waals surface area contributed by atoms with Crippen LogP contribution in [0.2, 0.25) is 0 Å². The Bertz CT molecular complexity index is 383. The van der Waals surface area contributed by atoms with E-state index in [2.05, 4.69) is 5.32 Å². The highest BCUT2D eigenvalue weighted by Gasteiger charge is 2.29. The second-order valence-corrected chi connectivity index (χ2v) is 5.16. The second-order valence-electron chi connectivity index (χ2n) is 4.38. The van der Waals surface area contributed by atoms with Crippen molar-refractivity contribution in [2.75, 3.05) is 13.1 Å². The molecule has 1 aromatic rings. The Kier molecular flexibility index (Phi) is 4.71. The van der Waals surface area contributed by atoms with Crippen LogP contribution in [0.25, 0.3) is 0 Å². The van der Waals surface area contributed by atoms with E-state index in [0.717, 1.165) is 12.0 Å². The van der Waals surface area contributed by atoms with Gasteiger partial charge in [0.05, 0.1) is 12.2 Å². The number of aliphatic hydroxyl groups excluding tert-OH is 1. The lowest BCUT2D eigenvalue weighted by Crippen LogP contribution is -2.37. The monoisotopic (exact) mass is 270 g/mol. The fourth-order valence-corrected chi connectivity index (χ4v) is 2.67. The number of thiophene rings is 1. The van der Waals surface area contributed by atoms with Crippen LogP contribution >= 0.6 is 11.3 Å². The molecule has 100 valence electrons. The van der Waals surface area contributed by atoms with Gasteiger partial charge in [-0.2, -0.15) is 11.3 Å². The minimum Gasteiger partial charge on any atom is -0.387 e. The molecular formula is C12H18N2O3S. The molecule has 0 saturated carbocycles. The fourth-order valence-electron chi connectivity index (χ4n) is 1.97. The molecule has 3 atom stereocenters. The van der Waals surface area contributed by atoms with E-state index >= 15 is 0 Å². The zero-order valence-electron chi connectivity index (χ0n) is 10.0. The number of carbonyl (C=O) groups excluding carboxylic acids is 1.